The fourth-order valence-electron chi connectivity index (χ4n) is 2.74. The monoisotopic (exact) mass is 299 g/mol. The predicted octanol–water partition coefficient (Wildman–Crippen LogP) is 5.06. The molecule has 1 atom stereocenters. The van der Waals surface area contributed by atoms with Crippen molar-refractivity contribution in [3.05, 3.63) is 57.5 Å². The van der Waals surface area contributed by atoms with Crippen molar-refractivity contribution in [2.75, 3.05) is 6.54 Å². The van der Waals surface area contributed by atoms with Crippen molar-refractivity contribution in [2.24, 2.45) is 0 Å². The number of rotatable bonds is 5. The molecule has 0 bridgehead atoms. The van der Waals surface area contributed by atoms with Crippen LogP contribution in [0.25, 0.3) is 11.0 Å². The van der Waals surface area contributed by atoms with Gasteiger partial charge in [0.15, 0.2) is 0 Å². The molecule has 0 saturated carbocycles. The Labute approximate surface area is 129 Å². The van der Waals surface area contributed by atoms with Gasteiger partial charge in [-0.2, -0.15) is 0 Å². The highest BCUT2D eigenvalue weighted by atomic mass is 32.1. The molecule has 110 valence electrons. The maximum Gasteiger partial charge on any atom is 0.134 e. The second-order valence-electron chi connectivity index (χ2n) is 5.34. The molecule has 1 unspecified atom stereocenters. The third-order valence-corrected chi connectivity index (χ3v) is 4.83. The van der Waals surface area contributed by atoms with Gasteiger partial charge in [0.25, 0.3) is 0 Å². The lowest BCUT2D eigenvalue weighted by atomic mass is 10.1. The number of benzene rings is 1. The van der Waals surface area contributed by atoms with E-state index in [2.05, 4.69) is 61.8 Å². The summed E-state index contributed by atoms with van der Waals surface area (Å²) in [6.45, 7) is 7.37. The van der Waals surface area contributed by atoms with Crippen LogP contribution in [-0.2, 0) is 6.42 Å². The molecular weight excluding hydrogens is 278 g/mol. The Balaban J connectivity index is 2.06. The molecule has 0 aliphatic rings. The van der Waals surface area contributed by atoms with Gasteiger partial charge in [-0.25, -0.2) is 0 Å². The van der Waals surface area contributed by atoms with E-state index in [0.717, 1.165) is 24.3 Å². The number of furan rings is 1. The van der Waals surface area contributed by atoms with Gasteiger partial charge in [0.2, 0.25) is 0 Å². The second kappa shape index (κ2) is 6.04. The second-order valence-corrected chi connectivity index (χ2v) is 6.29. The minimum Gasteiger partial charge on any atom is -0.459 e. The van der Waals surface area contributed by atoms with Crippen LogP contribution in [-0.4, -0.2) is 6.54 Å². The molecule has 0 aliphatic heterocycles. The number of nitrogens with one attached hydrogen (secondary N) is 1. The van der Waals surface area contributed by atoms with Crippen molar-refractivity contribution in [1.29, 1.82) is 0 Å². The Morgan fingerprint density at radius 3 is 2.81 bits per heavy atom. The highest BCUT2D eigenvalue weighted by molar-refractivity contribution is 7.10. The zero-order valence-electron chi connectivity index (χ0n) is 12.8. The van der Waals surface area contributed by atoms with Gasteiger partial charge in [-0.05, 0) is 55.1 Å². The largest absolute Gasteiger partial charge is 0.459 e. The molecule has 21 heavy (non-hydrogen) atoms. The summed E-state index contributed by atoms with van der Waals surface area (Å²) in [6, 6.07) is 10.9. The molecule has 0 amide bonds. The van der Waals surface area contributed by atoms with Gasteiger partial charge < -0.3 is 9.73 Å². The molecule has 0 fully saturated rings. The van der Waals surface area contributed by atoms with Crippen LogP contribution < -0.4 is 5.32 Å². The fourth-order valence-corrected chi connectivity index (χ4v) is 3.82. The Bertz CT molecular complexity index is 741. The predicted molar refractivity (Wildman–Crippen MR) is 90.2 cm³/mol. The van der Waals surface area contributed by atoms with Crippen molar-refractivity contribution in [1.82, 2.24) is 5.32 Å². The number of aryl methyl sites for hydroxylation is 2. The van der Waals surface area contributed by atoms with E-state index >= 15 is 0 Å². The fraction of sp³-hybridized carbons (Fsp3) is 0.333. The molecule has 0 spiro atoms. The Morgan fingerprint density at radius 2 is 2.05 bits per heavy atom. The first-order valence-corrected chi connectivity index (χ1v) is 8.40. The van der Waals surface area contributed by atoms with Crippen molar-refractivity contribution < 1.29 is 4.42 Å². The average molecular weight is 299 g/mol. The smallest absolute Gasteiger partial charge is 0.134 e. The van der Waals surface area contributed by atoms with Crippen molar-refractivity contribution >= 4 is 22.3 Å². The van der Waals surface area contributed by atoms with Crippen molar-refractivity contribution in [3.8, 4) is 0 Å². The van der Waals surface area contributed by atoms with Gasteiger partial charge in [0, 0.05) is 10.3 Å². The Morgan fingerprint density at radius 1 is 1.19 bits per heavy atom. The summed E-state index contributed by atoms with van der Waals surface area (Å²) >= 11 is 1.81. The molecule has 1 aromatic carbocycles. The molecule has 3 aromatic rings. The molecule has 0 radical (unpaired) electrons. The van der Waals surface area contributed by atoms with Crippen LogP contribution in [0.2, 0.25) is 0 Å². The summed E-state index contributed by atoms with van der Waals surface area (Å²) in [4.78, 5) is 1.37. The number of hydrogen-bond donors (Lipinski definition) is 1. The minimum atomic E-state index is 0.151. The third-order valence-electron chi connectivity index (χ3n) is 3.81. The zero-order chi connectivity index (χ0) is 14.8. The summed E-state index contributed by atoms with van der Waals surface area (Å²) in [6.07, 6.45) is 1.06. The van der Waals surface area contributed by atoms with Crippen LogP contribution >= 0.6 is 11.3 Å². The molecule has 2 heterocycles. The molecular formula is C18H21NOS. The summed E-state index contributed by atoms with van der Waals surface area (Å²) in [5.41, 5.74) is 3.64. The summed E-state index contributed by atoms with van der Waals surface area (Å²) in [7, 11) is 0. The SMILES string of the molecule is CCNC(c1cc2cc(C)ccc2o1)c1sccc1CC. The van der Waals surface area contributed by atoms with Crippen LogP contribution in [0.3, 0.4) is 0 Å². The van der Waals surface area contributed by atoms with E-state index in [4.69, 9.17) is 4.42 Å². The van der Waals surface area contributed by atoms with E-state index < -0.39 is 0 Å². The summed E-state index contributed by atoms with van der Waals surface area (Å²) in [5, 5.41) is 6.92. The van der Waals surface area contributed by atoms with Crippen LogP contribution in [0.15, 0.2) is 40.1 Å². The van der Waals surface area contributed by atoms with Crippen LogP contribution in [0, 0.1) is 6.92 Å². The Hall–Kier alpha value is -1.58. The number of hydrogen-bond acceptors (Lipinski definition) is 3. The first-order chi connectivity index (χ1) is 10.2. The minimum absolute atomic E-state index is 0.151. The van der Waals surface area contributed by atoms with Crippen molar-refractivity contribution in [3.63, 3.8) is 0 Å². The molecule has 1 N–H and O–H groups in total. The molecule has 2 nitrogen and oxygen atoms in total. The highest BCUT2D eigenvalue weighted by Crippen LogP contribution is 2.33. The summed E-state index contributed by atoms with van der Waals surface area (Å²) < 4.78 is 6.11. The van der Waals surface area contributed by atoms with E-state index in [0.29, 0.717) is 0 Å². The molecule has 0 aliphatic carbocycles. The van der Waals surface area contributed by atoms with Crippen LogP contribution in [0.1, 0.15) is 41.7 Å². The number of fused-ring (bicyclic) bond motifs is 1. The first-order valence-electron chi connectivity index (χ1n) is 7.52. The van der Waals surface area contributed by atoms with Crippen LogP contribution in [0.5, 0.6) is 0 Å². The molecule has 0 saturated heterocycles. The Kier molecular flexibility index (Phi) is 4.13. The number of thiophene rings is 1. The van der Waals surface area contributed by atoms with Gasteiger partial charge in [-0.15, -0.1) is 11.3 Å². The molecule has 2 aromatic heterocycles. The van der Waals surface area contributed by atoms with Gasteiger partial charge in [0.05, 0.1) is 0 Å². The lowest BCUT2D eigenvalue weighted by Crippen LogP contribution is -2.21. The maximum absolute atomic E-state index is 6.11. The standard InChI is InChI=1S/C18H21NOS/c1-4-13-8-9-21-18(13)17(19-5-2)16-11-14-10-12(3)6-7-15(14)20-16/h6-11,17,19H,4-5H2,1-3H3. The third kappa shape index (κ3) is 2.76. The topological polar surface area (TPSA) is 25.2 Å². The van der Waals surface area contributed by atoms with E-state index in [-0.39, 0.29) is 6.04 Å². The van der Waals surface area contributed by atoms with E-state index in [9.17, 15) is 0 Å². The first kappa shape index (κ1) is 14.4. The molecule has 3 rings (SSSR count). The normalized spacial score (nSPS) is 12.9. The quantitative estimate of drug-likeness (QED) is 0.712. The van der Waals surface area contributed by atoms with E-state index in [1.54, 1.807) is 0 Å². The lowest BCUT2D eigenvalue weighted by molar-refractivity contribution is 0.479. The maximum atomic E-state index is 6.11. The van der Waals surface area contributed by atoms with Gasteiger partial charge in [-0.1, -0.05) is 25.5 Å². The lowest BCUT2D eigenvalue weighted by Gasteiger charge is -2.15. The van der Waals surface area contributed by atoms with Gasteiger partial charge >= 0.3 is 0 Å². The average Bonchev–Trinajstić information content (AvgIpc) is 3.10. The van der Waals surface area contributed by atoms with Gasteiger partial charge in [-0.3, -0.25) is 0 Å². The van der Waals surface area contributed by atoms with E-state index in [1.165, 1.54) is 21.4 Å². The van der Waals surface area contributed by atoms with Crippen molar-refractivity contribution in [2.45, 2.75) is 33.2 Å². The summed E-state index contributed by atoms with van der Waals surface area (Å²) in [5.74, 6) is 1.01. The van der Waals surface area contributed by atoms with Gasteiger partial charge in [0.1, 0.15) is 17.4 Å². The molecule has 3 heteroatoms. The van der Waals surface area contributed by atoms with E-state index in [1.807, 2.05) is 11.3 Å². The zero-order valence-corrected chi connectivity index (χ0v) is 13.6. The van der Waals surface area contributed by atoms with Crippen LogP contribution in [0.4, 0.5) is 0 Å². The highest BCUT2D eigenvalue weighted by Gasteiger charge is 2.21.